The predicted octanol–water partition coefficient (Wildman–Crippen LogP) is 3.47. The second kappa shape index (κ2) is 3.29. The summed E-state index contributed by atoms with van der Waals surface area (Å²) in [6.07, 6.45) is 2.92. The van der Waals surface area contributed by atoms with Crippen LogP contribution in [0.15, 0.2) is 18.3 Å². The lowest BCUT2D eigenvalue weighted by molar-refractivity contribution is 0.622. The lowest BCUT2D eigenvalue weighted by Gasteiger charge is -1.96. The molecule has 0 amide bonds. The summed E-state index contributed by atoms with van der Waals surface area (Å²) in [5, 5.41) is 1.13. The number of aryl methyl sites for hydroxylation is 1. The van der Waals surface area contributed by atoms with Gasteiger partial charge in [0.2, 0.25) is 0 Å². The molecule has 2 rings (SSSR count). The van der Waals surface area contributed by atoms with Crippen molar-refractivity contribution >= 4 is 33.5 Å². The highest BCUT2D eigenvalue weighted by molar-refractivity contribution is 14.1. The van der Waals surface area contributed by atoms with Gasteiger partial charge in [0.15, 0.2) is 0 Å². The standard InChI is InChI=1S/C10H9FIN/c1-2-6-5-13-10-4-8(11)9(12)3-7(6)10/h3-5,13H,2H2,1H3. The van der Waals surface area contributed by atoms with Gasteiger partial charge in [-0.3, -0.25) is 0 Å². The minimum atomic E-state index is -0.155. The Bertz CT molecular complexity index is 447. The Morgan fingerprint density at radius 2 is 2.23 bits per heavy atom. The normalized spacial score (nSPS) is 11.0. The molecule has 3 heteroatoms. The van der Waals surface area contributed by atoms with E-state index in [4.69, 9.17) is 0 Å². The molecule has 1 aromatic heterocycles. The van der Waals surface area contributed by atoms with Crippen LogP contribution in [0.1, 0.15) is 12.5 Å². The Labute approximate surface area is 89.5 Å². The zero-order valence-electron chi connectivity index (χ0n) is 7.20. The van der Waals surface area contributed by atoms with Gasteiger partial charge in [-0.05, 0) is 46.7 Å². The van der Waals surface area contributed by atoms with E-state index >= 15 is 0 Å². The van der Waals surface area contributed by atoms with Gasteiger partial charge in [-0.1, -0.05) is 6.92 Å². The molecular weight excluding hydrogens is 280 g/mol. The number of hydrogen-bond donors (Lipinski definition) is 1. The molecule has 13 heavy (non-hydrogen) atoms. The average molecular weight is 289 g/mol. The second-order valence-corrected chi connectivity index (χ2v) is 4.14. The van der Waals surface area contributed by atoms with E-state index in [1.165, 1.54) is 5.56 Å². The summed E-state index contributed by atoms with van der Waals surface area (Å²) in [5.41, 5.74) is 2.13. The summed E-state index contributed by atoms with van der Waals surface area (Å²) in [6, 6.07) is 3.44. The molecule has 0 saturated heterocycles. The van der Waals surface area contributed by atoms with Crippen molar-refractivity contribution in [2.75, 3.05) is 0 Å². The third-order valence-electron chi connectivity index (χ3n) is 2.19. The van der Waals surface area contributed by atoms with E-state index < -0.39 is 0 Å². The molecular formula is C10H9FIN. The molecule has 68 valence electrons. The number of hydrogen-bond acceptors (Lipinski definition) is 0. The maximum Gasteiger partial charge on any atom is 0.138 e. The van der Waals surface area contributed by atoms with Gasteiger partial charge in [0.1, 0.15) is 5.82 Å². The van der Waals surface area contributed by atoms with Crippen LogP contribution in [-0.2, 0) is 6.42 Å². The summed E-state index contributed by atoms with van der Waals surface area (Å²) in [6.45, 7) is 2.10. The first-order chi connectivity index (χ1) is 6.22. The van der Waals surface area contributed by atoms with Gasteiger partial charge < -0.3 is 4.98 Å². The number of nitrogens with one attached hydrogen (secondary N) is 1. The molecule has 1 nitrogen and oxygen atoms in total. The van der Waals surface area contributed by atoms with E-state index in [-0.39, 0.29) is 5.82 Å². The van der Waals surface area contributed by atoms with Crippen LogP contribution in [0.3, 0.4) is 0 Å². The van der Waals surface area contributed by atoms with Crippen molar-refractivity contribution in [1.29, 1.82) is 0 Å². The Hall–Kier alpha value is -0.580. The number of rotatable bonds is 1. The third kappa shape index (κ3) is 1.45. The quantitative estimate of drug-likeness (QED) is 0.774. The highest BCUT2D eigenvalue weighted by Crippen LogP contribution is 2.23. The number of aromatic nitrogens is 1. The first-order valence-corrected chi connectivity index (χ1v) is 5.25. The topological polar surface area (TPSA) is 15.8 Å². The molecule has 0 atom stereocenters. The van der Waals surface area contributed by atoms with Crippen molar-refractivity contribution < 1.29 is 4.39 Å². The van der Waals surface area contributed by atoms with Gasteiger partial charge in [-0.15, -0.1) is 0 Å². The zero-order valence-corrected chi connectivity index (χ0v) is 9.35. The van der Waals surface area contributed by atoms with E-state index in [2.05, 4.69) is 11.9 Å². The van der Waals surface area contributed by atoms with E-state index in [1.807, 2.05) is 34.9 Å². The molecule has 0 spiro atoms. The molecule has 0 radical (unpaired) electrons. The monoisotopic (exact) mass is 289 g/mol. The van der Waals surface area contributed by atoms with Crippen molar-refractivity contribution in [3.05, 3.63) is 33.3 Å². The smallest absolute Gasteiger partial charge is 0.138 e. The predicted molar refractivity (Wildman–Crippen MR) is 60.4 cm³/mol. The van der Waals surface area contributed by atoms with E-state index in [0.29, 0.717) is 3.57 Å². The van der Waals surface area contributed by atoms with Crippen LogP contribution in [0.2, 0.25) is 0 Å². The largest absolute Gasteiger partial charge is 0.361 e. The summed E-state index contributed by atoms with van der Waals surface area (Å²) in [5.74, 6) is -0.155. The van der Waals surface area contributed by atoms with Crippen molar-refractivity contribution in [3.63, 3.8) is 0 Å². The number of fused-ring (bicyclic) bond motifs is 1. The summed E-state index contributed by atoms with van der Waals surface area (Å²) >= 11 is 2.01. The van der Waals surface area contributed by atoms with Gasteiger partial charge in [0.05, 0.1) is 0 Å². The van der Waals surface area contributed by atoms with Crippen molar-refractivity contribution in [2.45, 2.75) is 13.3 Å². The van der Waals surface area contributed by atoms with Crippen molar-refractivity contribution in [2.24, 2.45) is 0 Å². The van der Waals surface area contributed by atoms with E-state index in [0.717, 1.165) is 17.3 Å². The Morgan fingerprint density at radius 3 is 2.92 bits per heavy atom. The van der Waals surface area contributed by atoms with Crippen LogP contribution in [0.4, 0.5) is 4.39 Å². The highest BCUT2D eigenvalue weighted by atomic mass is 127. The molecule has 2 aromatic rings. The number of H-pyrrole nitrogens is 1. The second-order valence-electron chi connectivity index (χ2n) is 2.98. The fraction of sp³-hybridized carbons (Fsp3) is 0.200. The van der Waals surface area contributed by atoms with E-state index in [1.54, 1.807) is 6.07 Å². The van der Waals surface area contributed by atoms with Gasteiger partial charge in [-0.25, -0.2) is 4.39 Å². The lowest BCUT2D eigenvalue weighted by atomic mass is 10.1. The maximum atomic E-state index is 13.1. The first-order valence-electron chi connectivity index (χ1n) is 4.17. The van der Waals surface area contributed by atoms with Crippen LogP contribution >= 0.6 is 22.6 Å². The van der Waals surface area contributed by atoms with Crippen LogP contribution in [-0.4, -0.2) is 4.98 Å². The number of benzene rings is 1. The van der Waals surface area contributed by atoms with Crippen LogP contribution in [0.25, 0.3) is 10.9 Å². The van der Waals surface area contributed by atoms with Gasteiger partial charge in [0, 0.05) is 20.7 Å². The minimum Gasteiger partial charge on any atom is -0.361 e. The summed E-state index contributed by atoms with van der Waals surface area (Å²) in [4.78, 5) is 3.06. The van der Waals surface area contributed by atoms with Crippen molar-refractivity contribution in [3.8, 4) is 0 Å². The molecule has 0 fully saturated rings. The minimum absolute atomic E-state index is 0.155. The summed E-state index contributed by atoms with van der Waals surface area (Å²) in [7, 11) is 0. The molecule has 0 unspecified atom stereocenters. The lowest BCUT2D eigenvalue weighted by Crippen LogP contribution is -1.82. The highest BCUT2D eigenvalue weighted by Gasteiger charge is 2.05. The third-order valence-corrected chi connectivity index (χ3v) is 3.02. The van der Waals surface area contributed by atoms with Gasteiger partial charge in [0.25, 0.3) is 0 Å². The molecule has 1 heterocycles. The molecule has 0 bridgehead atoms. The number of aromatic amines is 1. The molecule has 0 aliphatic heterocycles. The molecule has 1 N–H and O–H groups in total. The fourth-order valence-corrected chi connectivity index (χ4v) is 1.93. The summed E-state index contributed by atoms with van der Waals surface area (Å²) < 4.78 is 13.8. The van der Waals surface area contributed by atoms with Crippen LogP contribution < -0.4 is 0 Å². The number of halogens is 2. The molecule has 0 saturated carbocycles. The Kier molecular flexibility index (Phi) is 2.27. The average Bonchev–Trinajstić information content (AvgIpc) is 2.48. The Balaban J connectivity index is 2.77. The van der Waals surface area contributed by atoms with Crippen LogP contribution in [0.5, 0.6) is 0 Å². The SMILES string of the molecule is CCc1c[nH]c2cc(F)c(I)cc12. The molecule has 0 aliphatic rings. The maximum absolute atomic E-state index is 13.1. The van der Waals surface area contributed by atoms with Gasteiger partial charge >= 0.3 is 0 Å². The zero-order chi connectivity index (χ0) is 9.42. The Morgan fingerprint density at radius 1 is 1.46 bits per heavy atom. The van der Waals surface area contributed by atoms with Crippen molar-refractivity contribution in [1.82, 2.24) is 4.98 Å². The fourth-order valence-electron chi connectivity index (χ4n) is 1.47. The molecule has 1 aromatic carbocycles. The first kappa shape index (κ1) is 8.99. The van der Waals surface area contributed by atoms with Gasteiger partial charge in [-0.2, -0.15) is 0 Å². The molecule has 0 aliphatic carbocycles. The van der Waals surface area contributed by atoms with E-state index in [9.17, 15) is 4.39 Å². The van der Waals surface area contributed by atoms with Crippen LogP contribution in [0, 0.1) is 9.39 Å².